The predicted octanol–water partition coefficient (Wildman–Crippen LogP) is 3.23. The number of halogens is 3. The molecule has 0 aliphatic rings. The second kappa shape index (κ2) is 6.37. The average molecular weight is 313 g/mol. The van der Waals surface area contributed by atoms with Gasteiger partial charge in [-0.05, 0) is 25.5 Å². The van der Waals surface area contributed by atoms with Crippen LogP contribution in [0, 0.1) is 0 Å². The Morgan fingerprint density at radius 1 is 1.36 bits per heavy atom. The van der Waals surface area contributed by atoms with Gasteiger partial charge in [0.2, 0.25) is 5.91 Å². The number of amides is 1. The maximum Gasteiger partial charge on any atom is 0.405 e. The van der Waals surface area contributed by atoms with Crippen LogP contribution in [-0.4, -0.2) is 28.2 Å². The zero-order valence-corrected chi connectivity index (χ0v) is 12.4. The third-order valence-corrected chi connectivity index (χ3v) is 3.37. The van der Waals surface area contributed by atoms with E-state index in [1.807, 2.05) is 36.5 Å². The van der Waals surface area contributed by atoms with Crippen molar-refractivity contribution in [3.05, 3.63) is 30.1 Å². The van der Waals surface area contributed by atoms with E-state index >= 15 is 0 Å². The number of fused-ring (bicyclic) bond motifs is 1. The lowest BCUT2D eigenvalue weighted by atomic mass is 10.2. The summed E-state index contributed by atoms with van der Waals surface area (Å²) in [6.07, 6.45) is -2.93. The lowest BCUT2D eigenvalue weighted by Crippen LogP contribution is -2.38. The zero-order chi connectivity index (χ0) is 16.3. The van der Waals surface area contributed by atoms with E-state index < -0.39 is 24.7 Å². The van der Waals surface area contributed by atoms with Gasteiger partial charge in [-0.3, -0.25) is 4.79 Å². The molecule has 0 saturated heterocycles. The molecule has 7 heteroatoms. The first-order valence-electron chi connectivity index (χ1n) is 7.13. The number of aromatic nitrogens is 2. The van der Waals surface area contributed by atoms with Crippen molar-refractivity contribution in [1.29, 1.82) is 0 Å². The van der Waals surface area contributed by atoms with Crippen molar-refractivity contribution in [1.82, 2.24) is 14.9 Å². The molecule has 2 rings (SSSR count). The fraction of sp³-hybridized carbons (Fsp3) is 0.467. The smallest absolute Gasteiger partial charge is 0.345 e. The Morgan fingerprint density at radius 3 is 2.68 bits per heavy atom. The predicted molar refractivity (Wildman–Crippen MR) is 77.5 cm³/mol. The molecular formula is C15H18F3N3O. The number of carbonyl (C=O) groups is 1. The summed E-state index contributed by atoms with van der Waals surface area (Å²) in [6.45, 7) is 2.24. The first-order chi connectivity index (χ1) is 10.3. The van der Waals surface area contributed by atoms with Crippen LogP contribution in [0.2, 0.25) is 0 Å². The molecule has 0 aliphatic carbocycles. The highest BCUT2D eigenvalue weighted by molar-refractivity contribution is 5.84. The molecule has 22 heavy (non-hydrogen) atoms. The van der Waals surface area contributed by atoms with Gasteiger partial charge in [0.05, 0.1) is 11.0 Å². The number of aryl methyl sites for hydroxylation is 1. The van der Waals surface area contributed by atoms with Gasteiger partial charge >= 0.3 is 6.18 Å². The second-order valence-electron chi connectivity index (χ2n) is 5.15. The second-order valence-corrected chi connectivity index (χ2v) is 5.15. The lowest BCUT2D eigenvalue weighted by Gasteiger charge is -2.18. The van der Waals surface area contributed by atoms with Gasteiger partial charge in [-0.15, -0.1) is 0 Å². The standard InChI is InChI=1S/C15H18F3N3O/c1-3-6-13-20-11-7-4-5-8-12(11)21(13)10(2)14(22)19-9-15(16,17)18/h4-5,7-8,10H,3,6,9H2,1-2H3,(H,19,22)/t10-/m1/s1. The summed E-state index contributed by atoms with van der Waals surface area (Å²) in [6, 6.07) is 6.54. The molecule has 1 N–H and O–H groups in total. The number of alkyl halides is 3. The van der Waals surface area contributed by atoms with Crippen LogP contribution in [0.1, 0.15) is 32.1 Å². The number of para-hydroxylation sites is 2. The molecule has 0 radical (unpaired) electrons. The molecule has 1 aromatic heterocycles. The van der Waals surface area contributed by atoms with Gasteiger partial charge in [0.25, 0.3) is 0 Å². The maximum atomic E-state index is 12.2. The van der Waals surface area contributed by atoms with Crippen LogP contribution in [0.15, 0.2) is 24.3 Å². The SMILES string of the molecule is CCCc1nc2ccccc2n1[C@H](C)C(=O)NCC(F)(F)F. The van der Waals surface area contributed by atoms with E-state index in [1.165, 1.54) is 0 Å². The number of carbonyl (C=O) groups excluding carboxylic acids is 1. The minimum absolute atomic E-state index is 0.658. The van der Waals surface area contributed by atoms with Crippen molar-refractivity contribution in [2.24, 2.45) is 0 Å². The summed E-state index contributed by atoms with van der Waals surface area (Å²) in [7, 11) is 0. The van der Waals surface area contributed by atoms with Crippen molar-refractivity contribution in [3.63, 3.8) is 0 Å². The molecule has 1 aromatic carbocycles. The fourth-order valence-corrected chi connectivity index (χ4v) is 2.38. The van der Waals surface area contributed by atoms with Crippen LogP contribution in [-0.2, 0) is 11.2 Å². The minimum Gasteiger partial charge on any atom is -0.345 e. The first kappa shape index (κ1) is 16.3. The van der Waals surface area contributed by atoms with Crippen LogP contribution >= 0.6 is 0 Å². The van der Waals surface area contributed by atoms with Crippen LogP contribution in [0.5, 0.6) is 0 Å². The molecule has 0 spiro atoms. The molecule has 2 aromatic rings. The van der Waals surface area contributed by atoms with Gasteiger partial charge in [-0.2, -0.15) is 13.2 Å². The summed E-state index contributed by atoms with van der Waals surface area (Å²) >= 11 is 0. The molecule has 1 amide bonds. The molecule has 1 atom stereocenters. The molecule has 120 valence electrons. The molecule has 1 heterocycles. The van der Waals surface area contributed by atoms with E-state index in [0.717, 1.165) is 17.5 Å². The fourth-order valence-electron chi connectivity index (χ4n) is 2.38. The summed E-state index contributed by atoms with van der Waals surface area (Å²) in [5.41, 5.74) is 1.49. The van der Waals surface area contributed by atoms with Crippen molar-refractivity contribution in [2.45, 2.75) is 38.9 Å². The Balaban J connectivity index is 2.31. The molecule has 0 fully saturated rings. The number of rotatable bonds is 5. The van der Waals surface area contributed by atoms with Gasteiger partial charge in [0, 0.05) is 6.42 Å². The number of nitrogens with one attached hydrogen (secondary N) is 1. The lowest BCUT2D eigenvalue weighted by molar-refractivity contribution is -0.140. The third kappa shape index (κ3) is 3.58. The molecule has 0 bridgehead atoms. The normalized spacial score (nSPS) is 13.3. The van der Waals surface area contributed by atoms with E-state index in [-0.39, 0.29) is 0 Å². The van der Waals surface area contributed by atoms with Gasteiger partial charge < -0.3 is 9.88 Å². The Hall–Kier alpha value is -2.05. The van der Waals surface area contributed by atoms with E-state index in [9.17, 15) is 18.0 Å². The number of nitrogens with zero attached hydrogens (tertiary/aromatic N) is 2. The highest BCUT2D eigenvalue weighted by atomic mass is 19.4. The number of hydrogen-bond donors (Lipinski definition) is 1. The van der Waals surface area contributed by atoms with Crippen molar-refractivity contribution < 1.29 is 18.0 Å². The van der Waals surface area contributed by atoms with Crippen LogP contribution < -0.4 is 5.32 Å². The van der Waals surface area contributed by atoms with Crippen molar-refractivity contribution in [3.8, 4) is 0 Å². The van der Waals surface area contributed by atoms with Gasteiger partial charge in [0.1, 0.15) is 18.4 Å². The first-order valence-corrected chi connectivity index (χ1v) is 7.13. The molecule has 0 aliphatic heterocycles. The van der Waals surface area contributed by atoms with Crippen molar-refractivity contribution >= 4 is 16.9 Å². The molecular weight excluding hydrogens is 295 g/mol. The third-order valence-electron chi connectivity index (χ3n) is 3.37. The zero-order valence-electron chi connectivity index (χ0n) is 12.4. The van der Waals surface area contributed by atoms with Gasteiger partial charge in [-0.1, -0.05) is 19.1 Å². The molecule has 4 nitrogen and oxygen atoms in total. The van der Waals surface area contributed by atoms with Gasteiger partial charge in [-0.25, -0.2) is 4.98 Å². The summed E-state index contributed by atoms with van der Waals surface area (Å²) in [5.74, 6) is 0.0381. The van der Waals surface area contributed by atoms with Gasteiger partial charge in [0.15, 0.2) is 0 Å². The van der Waals surface area contributed by atoms with Crippen LogP contribution in [0.4, 0.5) is 13.2 Å². The Morgan fingerprint density at radius 2 is 2.05 bits per heavy atom. The largest absolute Gasteiger partial charge is 0.405 e. The number of hydrogen-bond acceptors (Lipinski definition) is 2. The van der Waals surface area contributed by atoms with Crippen molar-refractivity contribution in [2.75, 3.05) is 6.54 Å². The number of benzene rings is 1. The average Bonchev–Trinajstić information content (AvgIpc) is 2.81. The highest BCUT2D eigenvalue weighted by Crippen LogP contribution is 2.22. The monoisotopic (exact) mass is 313 g/mol. The molecule has 0 unspecified atom stereocenters. The van der Waals surface area contributed by atoms with E-state index in [4.69, 9.17) is 0 Å². The summed E-state index contributed by atoms with van der Waals surface area (Å²) in [4.78, 5) is 16.5. The number of imidazole rings is 1. The highest BCUT2D eigenvalue weighted by Gasteiger charge is 2.29. The molecule has 0 saturated carbocycles. The Labute approximate surface area is 126 Å². The quantitative estimate of drug-likeness (QED) is 0.921. The Kier molecular flexibility index (Phi) is 4.73. The maximum absolute atomic E-state index is 12.2. The van der Waals surface area contributed by atoms with E-state index in [0.29, 0.717) is 12.2 Å². The Bertz CT molecular complexity index is 664. The minimum atomic E-state index is -4.42. The van der Waals surface area contributed by atoms with Crippen LogP contribution in [0.25, 0.3) is 11.0 Å². The summed E-state index contributed by atoms with van der Waals surface area (Å²) in [5, 5.41) is 1.93. The van der Waals surface area contributed by atoms with E-state index in [1.54, 1.807) is 11.5 Å². The summed E-state index contributed by atoms with van der Waals surface area (Å²) < 4.78 is 38.4. The topological polar surface area (TPSA) is 46.9 Å². The van der Waals surface area contributed by atoms with E-state index in [2.05, 4.69) is 4.98 Å². The van der Waals surface area contributed by atoms with Crippen LogP contribution in [0.3, 0.4) is 0 Å².